The Morgan fingerprint density at radius 3 is 2.69 bits per heavy atom. The van der Waals surface area contributed by atoms with Crippen LogP contribution in [-0.4, -0.2) is 16.3 Å². The average molecular weight is 442 g/mol. The maximum Gasteiger partial charge on any atom is 0.204 e. The van der Waals surface area contributed by atoms with Crippen molar-refractivity contribution in [3.05, 3.63) is 76.3 Å². The molecule has 2 N–H and O–H groups in total. The number of phenols is 1. The van der Waals surface area contributed by atoms with Gasteiger partial charge >= 0.3 is 0 Å². The number of fused-ring (bicyclic) bond motifs is 1. The fourth-order valence-electron chi connectivity index (χ4n) is 2.46. The molecule has 0 radical (unpaired) electrons. The van der Waals surface area contributed by atoms with Gasteiger partial charge in [0, 0.05) is 10.6 Å². The third-order valence-electron chi connectivity index (χ3n) is 3.85. The summed E-state index contributed by atoms with van der Waals surface area (Å²) < 4.78 is 1.07. The van der Waals surface area contributed by atoms with Gasteiger partial charge in [-0.05, 0) is 48.5 Å². The van der Waals surface area contributed by atoms with E-state index >= 15 is 0 Å². The quantitative estimate of drug-likeness (QED) is 0.195. The summed E-state index contributed by atoms with van der Waals surface area (Å²) in [7, 11) is 0. The number of para-hydroxylation sites is 1. The van der Waals surface area contributed by atoms with Crippen LogP contribution in [0.15, 0.2) is 76.0 Å². The van der Waals surface area contributed by atoms with Gasteiger partial charge in [-0.2, -0.15) is 10.2 Å². The largest absolute Gasteiger partial charge is 0.507 e. The zero-order valence-corrected chi connectivity index (χ0v) is 17.1. The highest BCUT2D eigenvalue weighted by atomic mass is 35.5. The molecule has 144 valence electrons. The number of benzene rings is 3. The number of thiazole rings is 1. The van der Waals surface area contributed by atoms with Gasteiger partial charge in [0.1, 0.15) is 11.4 Å². The van der Waals surface area contributed by atoms with Crippen molar-refractivity contribution in [3.8, 4) is 5.75 Å². The van der Waals surface area contributed by atoms with Crippen LogP contribution in [0.1, 0.15) is 5.56 Å². The summed E-state index contributed by atoms with van der Waals surface area (Å²) in [5, 5.41) is 24.1. The maximum atomic E-state index is 10.1. The summed E-state index contributed by atoms with van der Waals surface area (Å²) in [6.07, 6.45) is 1.50. The minimum atomic E-state index is 0.0725. The van der Waals surface area contributed by atoms with Crippen LogP contribution in [0.25, 0.3) is 10.2 Å². The van der Waals surface area contributed by atoms with Crippen LogP contribution in [0.5, 0.6) is 5.75 Å². The predicted molar refractivity (Wildman–Crippen MR) is 120 cm³/mol. The van der Waals surface area contributed by atoms with Crippen LogP contribution in [-0.2, 0) is 0 Å². The number of hydrazone groups is 1. The summed E-state index contributed by atoms with van der Waals surface area (Å²) in [6, 6.07) is 17.6. The molecule has 6 nitrogen and oxygen atoms in total. The standard InChI is InChI=1S/C20H13Cl2N5OS/c21-13-5-7-16(15(22)10-13)26-25-14-6-8-18(28)12(9-14)11-23-27-20-24-17-3-1-2-4-19(17)29-20/h1-11,28H,(H,24,27). The molecule has 4 aromatic rings. The number of hydrogen-bond donors (Lipinski definition) is 2. The highest BCUT2D eigenvalue weighted by Gasteiger charge is 2.04. The van der Waals surface area contributed by atoms with Gasteiger partial charge in [0.15, 0.2) is 0 Å². The molecule has 0 atom stereocenters. The Labute approximate surface area is 180 Å². The summed E-state index contributed by atoms with van der Waals surface area (Å²) in [5.74, 6) is 0.0725. The van der Waals surface area contributed by atoms with Gasteiger partial charge < -0.3 is 5.11 Å². The normalized spacial score (nSPS) is 11.7. The SMILES string of the molecule is Oc1ccc(N=Nc2ccc(Cl)cc2Cl)cc1C=NNc1nc2ccccc2s1. The fraction of sp³-hybridized carbons (Fsp3) is 0. The third-order valence-corrected chi connectivity index (χ3v) is 5.33. The Morgan fingerprint density at radius 2 is 1.86 bits per heavy atom. The van der Waals surface area contributed by atoms with Crippen molar-refractivity contribution < 1.29 is 5.11 Å². The van der Waals surface area contributed by atoms with E-state index in [-0.39, 0.29) is 5.75 Å². The van der Waals surface area contributed by atoms with Crippen molar-refractivity contribution in [2.75, 3.05) is 5.43 Å². The number of halogens is 2. The van der Waals surface area contributed by atoms with Crippen molar-refractivity contribution >= 4 is 67.5 Å². The predicted octanol–water partition coefficient (Wildman–Crippen LogP) is 7.17. The van der Waals surface area contributed by atoms with Crippen LogP contribution in [0.4, 0.5) is 16.5 Å². The van der Waals surface area contributed by atoms with E-state index in [4.69, 9.17) is 23.2 Å². The third kappa shape index (κ3) is 4.71. The Bertz CT molecular complexity index is 1210. The molecule has 0 saturated heterocycles. The number of hydrogen-bond acceptors (Lipinski definition) is 7. The van der Waals surface area contributed by atoms with E-state index in [1.165, 1.54) is 23.6 Å². The molecule has 0 aliphatic rings. The van der Waals surface area contributed by atoms with Crippen molar-refractivity contribution in [3.63, 3.8) is 0 Å². The summed E-state index contributed by atoms with van der Waals surface area (Å²) >= 11 is 13.5. The molecule has 0 saturated carbocycles. The van der Waals surface area contributed by atoms with Crippen LogP contribution in [0.2, 0.25) is 10.0 Å². The molecule has 0 spiro atoms. The van der Waals surface area contributed by atoms with Gasteiger partial charge in [0.05, 0.1) is 27.1 Å². The van der Waals surface area contributed by atoms with Crippen molar-refractivity contribution in [1.82, 2.24) is 4.98 Å². The molecule has 1 heterocycles. The number of anilines is 1. The van der Waals surface area contributed by atoms with Crippen molar-refractivity contribution in [2.45, 2.75) is 0 Å². The monoisotopic (exact) mass is 441 g/mol. The second kappa shape index (κ2) is 8.57. The number of aromatic nitrogens is 1. The minimum Gasteiger partial charge on any atom is -0.507 e. The Hall–Kier alpha value is -3.00. The van der Waals surface area contributed by atoms with E-state index in [0.717, 1.165) is 10.2 Å². The van der Waals surface area contributed by atoms with Crippen LogP contribution < -0.4 is 5.43 Å². The van der Waals surface area contributed by atoms with E-state index in [1.807, 2.05) is 24.3 Å². The molecule has 0 aliphatic carbocycles. The molecule has 1 aromatic heterocycles. The zero-order valence-electron chi connectivity index (χ0n) is 14.8. The first kappa shape index (κ1) is 19.3. The van der Waals surface area contributed by atoms with Gasteiger partial charge in [0.2, 0.25) is 5.13 Å². The fourth-order valence-corrected chi connectivity index (χ4v) is 3.72. The Kier molecular flexibility index (Phi) is 5.71. The van der Waals surface area contributed by atoms with Crippen LogP contribution in [0.3, 0.4) is 0 Å². The molecule has 0 aliphatic heterocycles. The highest BCUT2D eigenvalue weighted by Crippen LogP contribution is 2.30. The van der Waals surface area contributed by atoms with E-state index < -0.39 is 0 Å². The molecule has 0 amide bonds. The molecular weight excluding hydrogens is 429 g/mol. The molecule has 0 fully saturated rings. The Balaban J connectivity index is 1.50. The summed E-state index contributed by atoms with van der Waals surface area (Å²) in [5.41, 5.74) is 5.30. The Morgan fingerprint density at radius 1 is 1.00 bits per heavy atom. The lowest BCUT2D eigenvalue weighted by molar-refractivity contribution is 0.474. The molecule has 0 unspecified atom stereocenters. The number of nitrogens with zero attached hydrogens (tertiary/aromatic N) is 4. The molecule has 0 bridgehead atoms. The highest BCUT2D eigenvalue weighted by molar-refractivity contribution is 7.22. The van der Waals surface area contributed by atoms with E-state index in [9.17, 15) is 5.11 Å². The second-order valence-corrected chi connectivity index (χ2v) is 7.77. The second-order valence-electron chi connectivity index (χ2n) is 5.90. The van der Waals surface area contributed by atoms with Crippen LogP contribution in [0, 0.1) is 0 Å². The lowest BCUT2D eigenvalue weighted by Crippen LogP contribution is -1.90. The van der Waals surface area contributed by atoms with Gasteiger partial charge in [-0.15, -0.1) is 5.11 Å². The molecule has 3 aromatic carbocycles. The molecule has 29 heavy (non-hydrogen) atoms. The van der Waals surface area contributed by atoms with E-state index in [1.54, 1.807) is 30.3 Å². The maximum absolute atomic E-state index is 10.1. The first-order chi connectivity index (χ1) is 14.1. The van der Waals surface area contributed by atoms with Gasteiger partial charge in [-0.3, -0.25) is 5.43 Å². The zero-order chi connectivity index (χ0) is 20.2. The van der Waals surface area contributed by atoms with Crippen molar-refractivity contribution in [1.29, 1.82) is 0 Å². The van der Waals surface area contributed by atoms with Gasteiger partial charge in [-0.1, -0.05) is 46.7 Å². The lowest BCUT2D eigenvalue weighted by Gasteiger charge is -2.01. The molecule has 9 heteroatoms. The summed E-state index contributed by atoms with van der Waals surface area (Å²) in [4.78, 5) is 4.44. The smallest absolute Gasteiger partial charge is 0.204 e. The van der Waals surface area contributed by atoms with Crippen LogP contribution >= 0.6 is 34.5 Å². The number of phenolic OH excluding ortho intramolecular Hbond substituents is 1. The molecular formula is C20H13Cl2N5OS. The van der Waals surface area contributed by atoms with E-state index in [0.29, 0.717) is 32.1 Å². The van der Waals surface area contributed by atoms with Crippen molar-refractivity contribution in [2.24, 2.45) is 15.3 Å². The van der Waals surface area contributed by atoms with Gasteiger partial charge in [0.25, 0.3) is 0 Å². The first-order valence-corrected chi connectivity index (χ1v) is 10.0. The summed E-state index contributed by atoms with van der Waals surface area (Å²) in [6.45, 7) is 0. The first-order valence-electron chi connectivity index (χ1n) is 8.43. The molecule has 4 rings (SSSR count). The minimum absolute atomic E-state index is 0.0725. The van der Waals surface area contributed by atoms with Gasteiger partial charge in [-0.25, -0.2) is 4.98 Å². The number of nitrogens with one attached hydrogen (secondary N) is 1. The number of aromatic hydroxyl groups is 1. The lowest BCUT2D eigenvalue weighted by atomic mass is 10.2. The number of azo groups is 1. The number of rotatable bonds is 5. The average Bonchev–Trinajstić information content (AvgIpc) is 3.12. The topological polar surface area (TPSA) is 82.2 Å². The van der Waals surface area contributed by atoms with E-state index in [2.05, 4.69) is 25.7 Å².